The van der Waals surface area contributed by atoms with Crippen LogP contribution in [0, 0.1) is 5.92 Å². The lowest BCUT2D eigenvalue weighted by atomic mass is 9.82. The fourth-order valence-corrected chi connectivity index (χ4v) is 2.76. The lowest BCUT2D eigenvalue weighted by Gasteiger charge is -2.30. The van der Waals surface area contributed by atoms with Gasteiger partial charge in [0.05, 0.1) is 12.2 Å². The fraction of sp³-hybridized carbons (Fsp3) is 0.500. The van der Waals surface area contributed by atoms with Gasteiger partial charge in [-0.1, -0.05) is 34.1 Å². The van der Waals surface area contributed by atoms with Crippen LogP contribution in [-0.4, -0.2) is 18.3 Å². The highest BCUT2D eigenvalue weighted by Gasteiger charge is 2.37. The second kappa shape index (κ2) is 4.24. The summed E-state index contributed by atoms with van der Waals surface area (Å²) in [5, 5.41) is 10.6. The van der Waals surface area contributed by atoms with Crippen LogP contribution in [0.4, 0.5) is 0 Å². The maximum atomic E-state index is 10.6. The second-order valence-electron chi connectivity index (χ2n) is 4.19. The van der Waals surface area contributed by atoms with Gasteiger partial charge in [-0.2, -0.15) is 0 Å². The molecule has 1 aromatic carbocycles. The van der Waals surface area contributed by atoms with E-state index in [0.717, 1.165) is 23.1 Å². The van der Waals surface area contributed by atoms with Gasteiger partial charge in [-0.3, -0.25) is 0 Å². The highest BCUT2D eigenvalue weighted by atomic mass is 79.9. The summed E-state index contributed by atoms with van der Waals surface area (Å²) in [5.41, 5.74) is 0.136. The summed E-state index contributed by atoms with van der Waals surface area (Å²) in [6.07, 6.45) is 0.925. The maximum Gasteiger partial charge on any atom is 0.0930 e. The van der Waals surface area contributed by atoms with Crippen molar-refractivity contribution in [2.24, 2.45) is 5.92 Å². The van der Waals surface area contributed by atoms with Gasteiger partial charge < -0.3 is 9.84 Å². The molecule has 1 fully saturated rings. The Morgan fingerprint density at radius 1 is 1.47 bits per heavy atom. The zero-order chi connectivity index (χ0) is 10.9. The van der Waals surface area contributed by atoms with Gasteiger partial charge in [-0.05, 0) is 25.0 Å². The molecule has 0 saturated carbocycles. The highest BCUT2D eigenvalue weighted by Crippen LogP contribution is 2.37. The molecular formula is C12H15BrO2. The topological polar surface area (TPSA) is 29.5 Å². The molecule has 2 rings (SSSR count). The van der Waals surface area contributed by atoms with Crippen LogP contribution in [0.25, 0.3) is 0 Å². The molecule has 1 saturated heterocycles. The van der Waals surface area contributed by atoms with Crippen LogP contribution in [0.2, 0.25) is 0 Å². The largest absolute Gasteiger partial charge is 0.385 e. The van der Waals surface area contributed by atoms with E-state index in [0.29, 0.717) is 6.61 Å². The minimum Gasteiger partial charge on any atom is -0.385 e. The first-order valence-electron chi connectivity index (χ1n) is 5.17. The van der Waals surface area contributed by atoms with Crippen molar-refractivity contribution in [1.82, 2.24) is 0 Å². The Morgan fingerprint density at radius 3 is 2.80 bits per heavy atom. The van der Waals surface area contributed by atoms with Crippen LogP contribution in [0.5, 0.6) is 0 Å². The number of hydrogen-bond acceptors (Lipinski definition) is 2. The lowest BCUT2D eigenvalue weighted by Crippen LogP contribution is -2.32. The van der Waals surface area contributed by atoms with Gasteiger partial charge in [-0.25, -0.2) is 0 Å². The van der Waals surface area contributed by atoms with Crippen molar-refractivity contribution in [3.05, 3.63) is 34.3 Å². The van der Waals surface area contributed by atoms with Crippen LogP contribution in [-0.2, 0) is 10.3 Å². The van der Waals surface area contributed by atoms with Gasteiger partial charge in [0.1, 0.15) is 0 Å². The predicted octanol–water partition coefficient (Wildman–Crippen LogP) is 2.69. The number of benzene rings is 1. The van der Waals surface area contributed by atoms with Crippen LogP contribution in [0.1, 0.15) is 18.9 Å². The van der Waals surface area contributed by atoms with E-state index in [1.165, 1.54) is 0 Å². The first-order chi connectivity index (χ1) is 7.12. The predicted molar refractivity (Wildman–Crippen MR) is 62.6 cm³/mol. The Kier molecular flexibility index (Phi) is 3.14. The van der Waals surface area contributed by atoms with Crippen LogP contribution in [0.3, 0.4) is 0 Å². The molecule has 0 amide bonds. The molecule has 1 aliphatic rings. The Labute approximate surface area is 98.4 Å². The third kappa shape index (κ3) is 2.10. The first kappa shape index (κ1) is 11.1. The van der Waals surface area contributed by atoms with Gasteiger partial charge in [0, 0.05) is 17.0 Å². The molecule has 3 heteroatoms. The molecule has 0 aromatic heterocycles. The maximum absolute atomic E-state index is 10.6. The Hall–Kier alpha value is -0.380. The highest BCUT2D eigenvalue weighted by molar-refractivity contribution is 9.10. The van der Waals surface area contributed by atoms with Crippen molar-refractivity contribution in [2.75, 3.05) is 13.2 Å². The van der Waals surface area contributed by atoms with E-state index in [1.54, 1.807) is 0 Å². The number of rotatable bonds is 2. The average molecular weight is 271 g/mol. The van der Waals surface area contributed by atoms with Crippen molar-refractivity contribution in [3.63, 3.8) is 0 Å². The molecule has 0 spiro atoms. The third-order valence-corrected chi connectivity index (χ3v) is 3.84. The van der Waals surface area contributed by atoms with E-state index in [4.69, 9.17) is 4.74 Å². The van der Waals surface area contributed by atoms with Gasteiger partial charge in [0.2, 0.25) is 0 Å². The Bertz CT molecular complexity index is 343. The summed E-state index contributed by atoms with van der Waals surface area (Å²) >= 11 is 3.48. The minimum absolute atomic E-state index is 0.191. The Balaban J connectivity index is 2.31. The van der Waals surface area contributed by atoms with Gasteiger partial charge in [-0.15, -0.1) is 0 Å². The molecule has 1 aliphatic heterocycles. The van der Waals surface area contributed by atoms with Gasteiger partial charge in [0.15, 0.2) is 0 Å². The van der Waals surface area contributed by atoms with E-state index in [-0.39, 0.29) is 5.92 Å². The summed E-state index contributed by atoms with van der Waals surface area (Å²) < 4.78 is 6.29. The van der Waals surface area contributed by atoms with E-state index in [2.05, 4.69) is 15.9 Å². The molecule has 2 nitrogen and oxygen atoms in total. The molecule has 0 bridgehead atoms. The SMILES string of the molecule is CC(O)(c1ccccc1Br)C1CCOC1. The molecule has 82 valence electrons. The number of halogens is 1. The average Bonchev–Trinajstić information content (AvgIpc) is 2.71. The zero-order valence-corrected chi connectivity index (χ0v) is 10.3. The number of ether oxygens (including phenoxy) is 1. The molecule has 1 heterocycles. The normalized spacial score (nSPS) is 25.1. The quantitative estimate of drug-likeness (QED) is 0.896. The van der Waals surface area contributed by atoms with E-state index < -0.39 is 5.60 Å². The summed E-state index contributed by atoms with van der Waals surface area (Å²) in [6.45, 7) is 3.27. The summed E-state index contributed by atoms with van der Waals surface area (Å²) in [5.74, 6) is 0.191. The molecule has 0 aliphatic carbocycles. The van der Waals surface area contributed by atoms with Crippen molar-refractivity contribution in [2.45, 2.75) is 18.9 Å². The van der Waals surface area contributed by atoms with Crippen LogP contribution >= 0.6 is 15.9 Å². The first-order valence-corrected chi connectivity index (χ1v) is 5.97. The van der Waals surface area contributed by atoms with Crippen molar-refractivity contribution < 1.29 is 9.84 Å². The second-order valence-corrected chi connectivity index (χ2v) is 5.04. The smallest absolute Gasteiger partial charge is 0.0930 e. The third-order valence-electron chi connectivity index (χ3n) is 3.14. The van der Waals surface area contributed by atoms with Gasteiger partial charge in [0.25, 0.3) is 0 Å². The monoisotopic (exact) mass is 270 g/mol. The number of aliphatic hydroxyl groups is 1. The number of hydrogen-bond donors (Lipinski definition) is 1. The summed E-state index contributed by atoms with van der Waals surface area (Å²) in [4.78, 5) is 0. The summed E-state index contributed by atoms with van der Waals surface area (Å²) in [7, 11) is 0. The lowest BCUT2D eigenvalue weighted by molar-refractivity contribution is -0.0103. The van der Waals surface area contributed by atoms with Crippen molar-refractivity contribution in [1.29, 1.82) is 0 Å². The van der Waals surface area contributed by atoms with E-state index >= 15 is 0 Å². The molecule has 1 N–H and O–H groups in total. The van der Waals surface area contributed by atoms with Crippen LogP contribution in [0.15, 0.2) is 28.7 Å². The van der Waals surface area contributed by atoms with Crippen molar-refractivity contribution in [3.8, 4) is 0 Å². The van der Waals surface area contributed by atoms with Crippen LogP contribution < -0.4 is 0 Å². The molecular weight excluding hydrogens is 256 g/mol. The van der Waals surface area contributed by atoms with Gasteiger partial charge >= 0.3 is 0 Å². The van der Waals surface area contributed by atoms with E-state index in [1.807, 2.05) is 31.2 Å². The summed E-state index contributed by atoms with van der Waals surface area (Å²) in [6, 6.07) is 7.82. The Morgan fingerprint density at radius 2 is 2.20 bits per heavy atom. The standard InChI is InChI=1S/C12H15BrO2/c1-12(14,9-6-7-15-8-9)10-4-2-3-5-11(10)13/h2-5,9,14H,6-8H2,1H3. The van der Waals surface area contributed by atoms with Crippen molar-refractivity contribution >= 4 is 15.9 Å². The molecule has 1 aromatic rings. The molecule has 2 atom stereocenters. The molecule has 2 unspecified atom stereocenters. The molecule has 0 radical (unpaired) electrons. The zero-order valence-electron chi connectivity index (χ0n) is 8.74. The fourth-order valence-electron chi connectivity index (χ4n) is 2.07. The van der Waals surface area contributed by atoms with E-state index in [9.17, 15) is 5.11 Å². The molecule has 15 heavy (non-hydrogen) atoms. The minimum atomic E-state index is -0.809.